The van der Waals surface area contributed by atoms with E-state index in [0.29, 0.717) is 5.69 Å². The lowest BCUT2D eigenvalue weighted by Gasteiger charge is -2.33. The first-order valence-electron chi connectivity index (χ1n) is 6.64. The number of sulfonamides is 1. The van der Waals surface area contributed by atoms with Crippen LogP contribution in [0.2, 0.25) is 5.02 Å². The Morgan fingerprint density at radius 1 is 1.36 bits per heavy atom. The molecule has 0 spiro atoms. The maximum atomic E-state index is 13.0. The minimum Gasteiger partial charge on any atom is -0.326 e. The largest absolute Gasteiger partial charge is 0.326 e. The number of hydrogen-bond donors (Lipinski definition) is 1. The fourth-order valence-electron chi connectivity index (χ4n) is 2.00. The van der Waals surface area contributed by atoms with Gasteiger partial charge in [-0.15, -0.1) is 0 Å². The Kier molecular flexibility index (Phi) is 5.95. The number of benzene rings is 1. The predicted octanol–water partition coefficient (Wildman–Crippen LogP) is 2.87. The molecule has 0 aliphatic rings. The topological polar surface area (TPSA) is 66.5 Å². The molecule has 0 heterocycles. The molecular formula is C14H20ClFN2O3S. The van der Waals surface area contributed by atoms with Crippen molar-refractivity contribution in [3.63, 3.8) is 0 Å². The van der Waals surface area contributed by atoms with Gasteiger partial charge in [0.1, 0.15) is 5.82 Å². The van der Waals surface area contributed by atoms with E-state index in [1.165, 1.54) is 16.4 Å². The predicted molar refractivity (Wildman–Crippen MR) is 86.0 cm³/mol. The highest BCUT2D eigenvalue weighted by Gasteiger charge is 2.29. The van der Waals surface area contributed by atoms with E-state index in [0.717, 1.165) is 12.3 Å². The lowest BCUT2D eigenvalue weighted by molar-refractivity contribution is -0.116. The first-order chi connectivity index (χ1) is 9.91. The number of rotatable bonds is 5. The van der Waals surface area contributed by atoms with Gasteiger partial charge in [-0.05, 0) is 39.0 Å². The zero-order valence-electron chi connectivity index (χ0n) is 13.0. The van der Waals surface area contributed by atoms with Gasteiger partial charge in [0.05, 0.1) is 11.3 Å². The third-order valence-electron chi connectivity index (χ3n) is 2.89. The number of carbonyl (C=O) groups is 1. The van der Waals surface area contributed by atoms with Gasteiger partial charge in [0.15, 0.2) is 0 Å². The standard InChI is InChI=1S/C14H20ClFN2O3S/c1-14(2,3)18(22(4,20)21)8-7-13(19)17-10-5-6-12(16)11(15)9-10/h5-6,9H,7-8H2,1-4H3,(H,17,19). The monoisotopic (exact) mass is 350 g/mol. The minimum absolute atomic E-state index is 0.0145. The van der Waals surface area contributed by atoms with Crippen LogP contribution in [0.1, 0.15) is 27.2 Å². The lowest BCUT2D eigenvalue weighted by Crippen LogP contribution is -2.46. The van der Waals surface area contributed by atoms with Gasteiger partial charge in [0.25, 0.3) is 0 Å². The number of anilines is 1. The van der Waals surface area contributed by atoms with Crippen molar-refractivity contribution in [3.8, 4) is 0 Å². The SMILES string of the molecule is CC(C)(C)N(CCC(=O)Nc1ccc(F)c(Cl)c1)S(C)(=O)=O. The van der Waals surface area contributed by atoms with Gasteiger partial charge >= 0.3 is 0 Å². The van der Waals surface area contributed by atoms with Crippen molar-refractivity contribution in [2.24, 2.45) is 0 Å². The van der Waals surface area contributed by atoms with Crippen molar-refractivity contribution in [1.82, 2.24) is 4.31 Å². The summed E-state index contributed by atoms with van der Waals surface area (Å²) < 4.78 is 37.8. The molecule has 0 unspecified atom stereocenters. The molecule has 0 aromatic heterocycles. The van der Waals surface area contributed by atoms with Gasteiger partial charge in [0.2, 0.25) is 15.9 Å². The summed E-state index contributed by atoms with van der Waals surface area (Å²) in [7, 11) is -3.42. The summed E-state index contributed by atoms with van der Waals surface area (Å²) in [6.45, 7) is 5.33. The molecule has 0 bridgehead atoms. The number of halogens is 2. The van der Waals surface area contributed by atoms with E-state index >= 15 is 0 Å². The van der Waals surface area contributed by atoms with Crippen molar-refractivity contribution < 1.29 is 17.6 Å². The van der Waals surface area contributed by atoms with Gasteiger partial charge in [-0.2, -0.15) is 4.31 Å². The summed E-state index contributed by atoms with van der Waals surface area (Å²) in [6, 6.07) is 3.83. The van der Waals surface area contributed by atoms with Gasteiger partial charge in [-0.1, -0.05) is 11.6 Å². The number of amides is 1. The normalized spacial score (nSPS) is 12.5. The molecule has 1 rings (SSSR count). The van der Waals surface area contributed by atoms with Crippen molar-refractivity contribution in [3.05, 3.63) is 29.0 Å². The van der Waals surface area contributed by atoms with Crippen molar-refractivity contribution in [2.75, 3.05) is 18.1 Å². The molecular weight excluding hydrogens is 331 g/mol. The molecule has 0 saturated carbocycles. The molecule has 1 aromatic rings. The van der Waals surface area contributed by atoms with Crippen LogP contribution in [-0.2, 0) is 14.8 Å². The zero-order chi connectivity index (χ0) is 17.1. The summed E-state index contributed by atoms with van der Waals surface area (Å²) in [6.07, 6.45) is 1.09. The molecule has 0 radical (unpaired) electrons. The first kappa shape index (κ1) is 18.9. The molecule has 8 heteroatoms. The number of carbonyl (C=O) groups excluding carboxylic acids is 1. The average molecular weight is 351 g/mol. The minimum atomic E-state index is -3.42. The molecule has 124 valence electrons. The van der Waals surface area contributed by atoms with Crippen LogP contribution in [0.25, 0.3) is 0 Å². The Morgan fingerprint density at radius 2 is 1.95 bits per heavy atom. The van der Waals surface area contributed by atoms with Crippen LogP contribution < -0.4 is 5.32 Å². The van der Waals surface area contributed by atoms with E-state index in [1.807, 2.05) is 0 Å². The highest BCUT2D eigenvalue weighted by atomic mass is 35.5. The van der Waals surface area contributed by atoms with Crippen LogP contribution >= 0.6 is 11.6 Å². The Balaban J connectivity index is 2.70. The molecule has 1 amide bonds. The number of nitrogens with one attached hydrogen (secondary N) is 1. The maximum Gasteiger partial charge on any atom is 0.225 e. The quantitative estimate of drug-likeness (QED) is 0.887. The Bertz CT molecular complexity index is 657. The Labute approximate surface area is 135 Å². The molecule has 22 heavy (non-hydrogen) atoms. The molecule has 1 N–H and O–H groups in total. The zero-order valence-corrected chi connectivity index (χ0v) is 14.6. The summed E-state index contributed by atoms with van der Waals surface area (Å²) in [5, 5.41) is 2.46. The second kappa shape index (κ2) is 6.93. The van der Waals surface area contributed by atoms with Gasteiger partial charge < -0.3 is 5.32 Å². The van der Waals surface area contributed by atoms with E-state index in [-0.39, 0.29) is 23.9 Å². The number of nitrogens with zero attached hydrogens (tertiary/aromatic N) is 1. The number of hydrogen-bond acceptors (Lipinski definition) is 3. The fourth-order valence-corrected chi connectivity index (χ4v) is 3.60. The Morgan fingerprint density at radius 3 is 2.41 bits per heavy atom. The van der Waals surface area contributed by atoms with Crippen LogP contribution in [0.15, 0.2) is 18.2 Å². The smallest absolute Gasteiger partial charge is 0.225 e. The van der Waals surface area contributed by atoms with Crippen molar-refractivity contribution >= 4 is 33.2 Å². The van der Waals surface area contributed by atoms with Crippen LogP contribution in [0.5, 0.6) is 0 Å². The third kappa shape index (κ3) is 5.55. The third-order valence-corrected chi connectivity index (χ3v) is 4.71. The van der Waals surface area contributed by atoms with Gasteiger partial charge in [-0.25, -0.2) is 12.8 Å². The van der Waals surface area contributed by atoms with E-state index in [1.54, 1.807) is 20.8 Å². The molecule has 1 aromatic carbocycles. The van der Waals surface area contributed by atoms with E-state index in [4.69, 9.17) is 11.6 Å². The van der Waals surface area contributed by atoms with Crippen molar-refractivity contribution in [2.45, 2.75) is 32.7 Å². The summed E-state index contributed by atoms with van der Waals surface area (Å²) >= 11 is 5.63. The summed E-state index contributed by atoms with van der Waals surface area (Å²) in [5.41, 5.74) is -0.259. The van der Waals surface area contributed by atoms with E-state index in [9.17, 15) is 17.6 Å². The maximum absolute atomic E-state index is 13.0. The average Bonchev–Trinajstić information content (AvgIpc) is 2.30. The van der Waals surface area contributed by atoms with Crippen LogP contribution in [0.3, 0.4) is 0 Å². The van der Waals surface area contributed by atoms with Crippen LogP contribution in [0.4, 0.5) is 10.1 Å². The van der Waals surface area contributed by atoms with Gasteiger partial charge in [0, 0.05) is 24.2 Å². The molecule has 0 fully saturated rings. The van der Waals surface area contributed by atoms with Crippen molar-refractivity contribution in [1.29, 1.82) is 0 Å². The molecule has 0 saturated heterocycles. The van der Waals surface area contributed by atoms with E-state index in [2.05, 4.69) is 5.32 Å². The second-order valence-electron chi connectivity index (χ2n) is 5.93. The van der Waals surface area contributed by atoms with Crippen LogP contribution in [0, 0.1) is 5.82 Å². The van der Waals surface area contributed by atoms with Crippen LogP contribution in [-0.4, -0.2) is 37.0 Å². The second-order valence-corrected chi connectivity index (χ2v) is 8.25. The fraction of sp³-hybridized carbons (Fsp3) is 0.500. The van der Waals surface area contributed by atoms with Gasteiger partial charge in [-0.3, -0.25) is 4.79 Å². The Hall–Kier alpha value is -1.18. The first-order valence-corrected chi connectivity index (χ1v) is 8.86. The molecule has 5 nitrogen and oxygen atoms in total. The lowest BCUT2D eigenvalue weighted by atomic mass is 10.1. The summed E-state index contributed by atoms with van der Waals surface area (Å²) in [5.74, 6) is -0.948. The highest BCUT2D eigenvalue weighted by Crippen LogP contribution is 2.20. The van der Waals surface area contributed by atoms with E-state index < -0.39 is 21.4 Å². The molecule has 0 aliphatic heterocycles. The highest BCUT2D eigenvalue weighted by molar-refractivity contribution is 7.88. The molecule has 0 atom stereocenters. The summed E-state index contributed by atoms with van der Waals surface area (Å²) in [4.78, 5) is 11.9. The molecule has 0 aliphatic carbocycles.